The van der Waals surface area contributed by atoms with Gasteiger partial charge in [-0.15, -0.1) is 11.5 Å². The second-order valence-electron chi connectivity index (χ2n) is 8.51. The van der Waals surface area contributed by atoms with E-state index >= 15 is 0 Å². The van der Waals surface area contributed by atoms with Crippen LogP contribution in [0.1, 0.15) is 39.7 Å². The zero-order chi connectivity index (χ0) is 18.7. The van der Waals surface area contributed by atoms with Crippen LogP contribution < -0.4 is 0 Å². The third kappa shape index (κ3) is 4.89. The van der Waals surface area contributed by atoms with Gasteiger partial charge in [0.2, 0.25) is 0 Å². The van der Waals surface area contributed by atoms with Crippen LogP contribution in [0.4, 0.5) is 4.79 Å². The van der Waals surface area contributed by atoms with Crippen molar-refractivity contribution in [3.63, 3.8) is 0 Å². The number of carbonyl (C=O) groups is 1. The molecule has 0 bridgehead atoms. The molecular formula is C21H31NO2Si. The van der Waals surface area contributed by atoms with Crippen LogP contribution in [-0.2, 0) is 11.3 Å². The van der Waals surface area contributed by atoms with Crippen LogP contribution in [0.5, 0.6) is 0 Å². The van der Waals surface area contributed by atoms with Gasteiger partial charge in [0.15, 0.2) is 0 Å². The van der Waals surface area contributed by atoms with Crippen LogP contribution >= 0.6 is 0 Å². The lowest BCUT2D eigenvalue weighted by molar-refractivity contribution is 0.0928. The van der Waals surface area contributed by atoms with E-state index in [1.165, 1.54) is 0 Å². The normalized spacial score (nSPS) is 20.8. The number of amides is 1. The molecule has 0 spiro atoms. The largest absolute Gasteiger partial charge is 0.445 e. The van der Waals surface area contributed by atoms with Gasteiger partial charge < -0.3 is 9.64 Å². The molecule has 1 aliphatic rings. The molecule has 1 aromatic rings. The van der Waals surface area contributed by atoms with Crippen molar-refractivity contribution >= 4 is 14.2 Å². The average molecular weight is 358 g/mol. The first kappa shape index (κ1) is 19.6. The van der Waals surface area contributed by atoms with E-state index in [2.05, 4.69) is 52.3 Å². The highest BCUT2D eigenvalue weighted by Gasteiger charge is 2.36. The molecule has 25 heavy (non-hydrogen) atoms. The molecule has 0 radical (unpaired) electrons. The molecular weight excluding hydrogens is 326 g/mol. The first-order valence-corrected chi connectivity index (χ1v) is 12.1. The van der Waals surface area contributed by atoms with Crippen molar-refractivity contribution in [3.8, 4) is 11.5 Å². The molecule has 0 aliphatic carbocycles. The van der Waals surface area contributed by atoms with Crippen LogP contribution in [0.2, 0.25) is 18.1 Å². The molecule has 0 N–H and O–H groups in total. The monoisotopic (exact) mass is 357 g/mol. The standard InChI is InChI=1S/C21H31NO2Si/c1-17-19(13-15-25(5,6)21(2,3)4)12-14-22(17)20(23)24-16-18-10-8-7-9-11-18/h7-11,17,19H,12,14,16H2,1-6H3/t17-,19-/m1/s1. The highest BCUT2D eigenvalue weighted by atomic mass is 28.3. The first-order chi connectivity index (χ1) is 11.6. The molecule has 1 fully saturated rings. The van der Waals surface area contributed by atoms with E-state index in [1.54, 1.807) is 0 Å². The summed E-state index contributed by atoms with van der Waals surface area (Å²) in [5, 5.41) is 0.260. The summed E-state index contributed by atoms with van der Waals surface area (Å²) in [7, 11) is -1.61. The summed E-state index contributed by atoms with van der Waals surface area (Å²) in [5.74, 6) is 3.75. The van der Waals surface area contributed by atoms with Crippen molar-refractivity contribution in [2.24, 2.45) is 5.92 Å². The summed E-state index contributed by atoms with van der Waals surface area (Å²) in [4.78, 5) is 14.2. The summed E-state index contributed by atoms with van der Waals surface area (Å²) in [6.45, 7) is 14.6. The lowest BCUT2D eigenvalue weighted by Gasteiger charge is -2.31. The number of rotatable bonds is 2. The number of carbonyl (C=O) groups excluding carboxylic acids is 1. The maximum Gasteiger partial charge on any atom is 0.410 e. The summed E-state index contributed by atoms with van der Waals surface area (Å²) in [6.07, 6.45) is 0.705. The average Bonchev–Trinajstić information content (AvgIpc) is 2.91. The molecule has 0 saturated carbocycles. The third-order valence-electron chi connectivity index (χ3n) is 5.64. The predicted octanol–water partition coefficient (Wildman–Crippen LogP) is 5.08. The molecule has 1 heterocycles. The fraction of sp³-hybridized carbons (Fsp3) is 0.571. The van der Waals surface area contributed by atoms with Gasteiger partial charge in [-0.1, -0.05) is 64.2 Å². The number of likely N-dealkylation sites (tertiary alicyclic amines) is 1. The van der Waals surface area contributed by atoms with Gasteiger partial charge in [0.05, 0.1) is 0 Å². The van der Waals surface area contributed by atoms with E-state index < -0.39 is 8.07 Å². The number of ether oxygens (including phenoxy) is 1. The summed E-state index contributed by atoms with van der Waals surface area (Å²) < 4.78 is 5.48. The number of hydrogen-bond donors (Lipinski definition) is 0. The molecule has 3 nitrogen and oxygen atoms in total. The third-order valence-corrected chi connectivity index (χ3v) is 10.2. The van der Waals surface area contributed by atoms with Crippen molar-refractivity contribution in [3.05, 3.63) is 35.9 Å². The van der Waals surface area contributed by atoms with E-state index in [0.29, 0.717) is 6.61 Å². The SMILES string of the molecule is C[C@@H]1[C@@H](C#C[Si](C)(C)C(C)(C)C)CCN1C(=O)OCc1ccccc1. The van der Waals surface area contributed by atoms with Gasteiger partial charge in [-0.3, -0.25) is 0 Å². The molecule has 1 amide bonds. The minimum Gasteiger partial charge on any atom is -0.445 e. The zero-order valence-corrected chi connectivity index (χ0v) is 17.4. The van der Waals surface area contributed by atoms with Crippen molar-refractivity contribution in [1.82, 2.24) is 4.90 Å². The number of hydrogen-bond acceptors (Lipinski definition) is 2. The Bertz CT molecular complexity index is 652. The lowest BCUT2D eigenvalue weighted by Crippen LogP contribution is -2.37. The number of nitrogens with zero attached hydrogens (tertiary/aromatic N) is 1. The van der Waals surface area contributed by atoms with Gasteiger partial charge in [-0.25, -0.2) is 4.79 Å². The minimum absolute atomic E-state index is 0.112. The minimum atomic E-state index is -1.61. The molecule has 1 saturated heterocycles. The Labute approximate surface area is 153 Å². The lowest BCUT2D eigenvalue weighted by atomic mass is 10.0. The van der Waals surface area contributed by atoms with Gasteiger partial charge in [-0.05, 0) is 23.9 Å². The van der Waals surface area contributed by atoms with Crippen molar-refractivity contribution < 1.29 is 9.53 Å². The Morgan fingerprint density at radius 3 is 2.52 bits per heavy atom. The van der Waals surface area contributed by atoms with E-state index in [1.807, 2.05) is 35.2 Å². The highest BCUT2D eigenvalue weighted by Crippen LogP contribution is 2.35. The fourth-order valence-electron chi connectivity index (χ4n) is 2.65. The molecule has 1 aliphatic heterocycles. The molecule has 2 rings (SSSR count). The van der Waals surface area contributed by atoms with Crippen LogP contribution in [0.3, 0.4) is 0 Å². The zero-order valence-electron chi connectivity index (χ0n) is 16.4. The predicted molar refractivity (Wildman–Crippen MR) is 106 cm³/mol. The Hall–Kier alpha value is -1.73. The van der Waals surface area contributed by atoms with E-state index in [0.717, 1.165) is 18.5 Å². The topological polar surface area (TPSA) is 29.5 Å². The van der Waals surface area contributed by atoms with E-state index in [-0.39, 0.29) is 23.1 Å². The Kier molecular flexibility index (Phi) is 6.00. The second kappa shape index (κ2) is 7.66. The summed E-state index contributed by atoms with van der Waals surface area (Å²) in [6, 6.07) is 9.91. The highest BCUT2D eigenvalue weighted by molar-refractivity contribution is 6.87. The summed E-state index contributed by atoms with van der Waals surface area (Å²) in [5.41, 5.74) is 4.61. The van der Waals surface area contributed by atoms with Gasteiger partial charge in [0.25, 0.3) is 0 Å². The maximum atomic E-state index is 12.4. The van der Waals surface area contributed by atoms with Crippen LogP contribution in [0.15, 0.2) is 30.3 Å². The van der Waals surface area contributed by atoms with Crippen molar-refractivity contribution in [1.29, 1.82) is 0 Å². The quantitative estimate of drug-likeness (QED) is 0.545. The van der Waals surface area contributed by atoms with Crippen molar-refractivity contribution in [2.75, 3.05) is 6.54 Å². The summed E-state index contributed by atoms with van der Waals surface area (Å²) >= 11 is 0. The Balaban J connectivity index is 1.95. The maximum absolute atomic E-state index is 12.4. The molecule has 2 atom stereocenters. The molecule has 0 unspecified atom stereocenters. The van der Waals surface area contributed by atoms with Crippen LogP contribution in [0, 0.1) is 17.4 Å². The molecule has 1 aromatic carbocycles. The van der Waals surface area contributed by atoms with Gasteiger partial charge in [-0.2, -0.15) is 0 Å². The van der Waals surface area contributed by atoms with E-state index in [4.69, 9.17) is 4.74 Å². The molecule has 136 valence electrons. The molecule has 4 heteroatoms. The van der Waals surface area contributed by atoms with Crippen LogP contribution in [0.25, 0.3) is 0 Å². The first-order valence-electron chi connectivity index (χ1n) is 9.12. The Morgan fingerprint density at radius 1 is 1.28 bits per heavy atom. The Morgan fingerprint density at radius 2 is 1.92 bits per heavy atom. The van der Waals surface area contributed by atoms with Crippen LogP contribution in [-0.4, -0.2) is 31.7 Å². The second-order valence-corrected chi connectivity index (χ2v) is 13.5. The van der Waals surface area contributed by atoms with Gasteiger partial charge in [0, 0.05) is 18.5 Å². The number of benzene rings is 1. The van der Waals surface area contributed by atoms with Gasteiger partial charge in [0.1, 0.15) is 14.7 Å². The fourth-order valence-corrected chi connectivity index (χ4v) is 3.57. The smallest absolute Gasteiger partial charge is 0.410 e. The van der Waals surface area contributed by atoms with Gasteiger partial charge >= 0.3 is 6.09 Å². The molecule has 0 aromatic heterocycles. The van der Waals surface area contributed by atoms with E-state index in [9.17, 15) is 4.79 Å². The van der Waals surface area contributed by atoms with Crippen molar-refractivity contribution in [2.45, 2.75) is 64.9 Å².